The summed E-state index contributed by atoms with van der Waals surface area (Å²) in [6.45, 7) is 7.90. The van der Waals surface area contributed by atoms with Crippen molar-refractivity contribution >= 4 is 17.5 Å². The van der Waals surface area contributed by atoms with Crippen molar-refractivity contribution in [1.29, 1.82) is 0 Å². The Morgan fingerprint density at radius 2 is 1.52 bits per heavy atom. The number of halogens is 1. The maximum atomic E-state index is 12.9. The third-order valence-electron chi connectivity index (χ3n) is 4.35. The van der Waals surface area contributed by atoms with Crippen molar-refractivity contribution < 1.29 is 14.0 Å². The summed E-state index contributed by atoms with van der Waals surface area (Å²) in [6, 6.07) is 15.0. The molecule has 0 unspecified atom stereocenters. The van der Waals surface area contributed by atoms with E-state index in [1.54, 1.807) is 12.2 Å². The molecular weight excluding hydrogens is 343 g/mol. The molecule has 0 fully saturated rings. The average molecular weight is 366 g/mol. The van der Waals surface area contributed by atoms with Crippen LogP contribution in [-0.2, 0) is 15.0 Å². The van der Waals surface area contributed by atoms with Gasteiger partial charge in [0.2, 0.25) is 0 Å². The highest BCUT2D eigenvalue weighted by Gasteiger charge is 2.31. The van der Waals surface area contributed by atoms with Gasteiger partial charge < -0.3 is 10.6 Å². The van der Waals surface area contributed by atoms with Gasteiger partial charge in [-0.1, -0.05) is 42.5 Å². The number of benzene rings is 2. The fraction of sp³-hybridized carbons (Fsp3) is 0.182. The molecule has 140 valence electrons. The van der Waals surface area contributed by atoms with E-state index < -0.39 is 23.0 Å². The van der Waals surface area contributed by atoms with Gasteiger partial charge in [0.05, 0.1) is 0 Å². The lowest BCUT2D eigenvalue weighted by molar-refractivity contribution is -0.136. The predicted molar refractivity (Wildman–Crippen MR) is 106 cm³/mol. The molecule has 0 aliphatic heterocycles. The molecule has 0 saturated carbocycles. The number of anilines is 1. The van der Waals surface area contributed by atoms with Crippen LogP contribution in [0.3, 0.4) is 0 Å². The van der Waals surface area contributed by atoms with Gasteiger partial charge in [-0.15, -0.1) is 13.2 Å². The number of rotatable bonds is 8. The van der Waals surface area contributed by atoms with Crippen LogP contribution in [0.5, 0.6) is 0 Å². The summed E-state index contributed by atoms with van der Waals surface area (Å²) < 4.78 is 12.9. The molecule has 2 aromatic carbocycles. The van der Waals surface area contributed by atoms with Crippen LogP contribution in [0.15, 0.2) is 79.9 Å². The minimum absolute atomic E-state index is 0.255. The first-order valence-electron chi connectivity index (χ1n) is 8.63. The average Bonchev–Trinajstić information content (AvgIpc) is 2.68. The third kappa shape index (κ3) is 5.38. The quantitative estimate of drug-likeness (QED) is 0.549. The van der Waals surface area contributed by atoms with Gasteiger partial charge in [0.25, 0.3) is 0 Å². The minimum atomic E-state index is -0.805. The Morgan fingerprint density at radius 3 is 2.07 bits per heavy atom. The van der Waals surface area contributed by atoms with Crippen molar-refractivity contribution in [2.24, 2.45) is 0 Å². The Bertz CT molecular complexity index is 791. The first-order valence-corrected chi connectivity index (χ1v) is 8.63. The van der Waals surface area contributed by atoms with Crippen LogP contribution >= 0.6 is 0 Å². The van der Waals surface area contributed by atoms with Crippen LogP contribution in [-0.4, -0.2) is 18.4 Å². The highest BCUT2D eigenvalue weighted by atomic mass is 19.1. The Hall–Kier alpha value is -3.21. The Kier molecular flexibility index (Phi) is 7.06. The van der Waals surface area contributed by atoms with Crippen molar-refractivity contribution in [1.82, 2.24) is 5.32 Å². The van der Waals surface area contributed by atoms with Gasteiger partial charge in [-0.2, -0.15) is 0 Å². The second kappa shape index (κ2) is 9.48. The molecule has 0 aliphatic rings. The van der Waals surface area contributed by atoms with Crippen LogP contribution < -0.4 is 10.6 Å². The topological polar surface area (TPSA) is 58.2 Å². The molecule has 0 radical (unpaired) electrons. The molecule has 0 spiro atoms. The second-order valence-corrected chi connectivity index (χ2v) is 6.28. The third-order valence-corrected chi connectivity index (χ3v) is 4.35. The van der Waals surface area contributed by atoms with Crippen LogP contribution in [0.25, 0.3) is 0 Å². The van der Waals surface area contributed by atoms with E-state index in [2.05, 4.69) is 23.8 Å². The fourth-order valence-electron chi connectivity index (χ4n) is 2.96. The summed E-state index contributed by atoms with van der Waals surface area (Å²) in [5, 5.41) is 5.15. The Balaban J connectivity index is 2.09. The standard InChI is InChI=1S/C22H23FN2O2/c1-3-14-22(15-4-2,17-8-6-5-7-9-17)16-24-20(26)21(27)25-19-12-10-18(23)11-13-19/h3-13H,1-2,14-16H2,(H,24,26)(H,25,27). The molecule has 27 heavy (non-hydrogen) atoms. The molecule has 2 N–H and O–H groups in total. The zero-order valence-corrected chi connectivity index (χ0v) is 15.1. The first kappa shape index (κ1) is 20.1. The summed E-state index contributed by atoms with van der Waals surface area (Å²) in [6.07, 6.45) is 4.81. The highest BCUT2D eigenvalue weighted by molar-refractivity contribution is 6.39. The summed E-state index contributed by atoms with van der Waals surface area (Å²) >= 11 is 0. The Morgan fingerprint density at radius 1 is 0.926 bits per heavy atom. The van der Waals surface area contributed by atoms with E-state index in [4.69, 9.17) is 0 Å². The molecule has 5 heteroatoms. The molecule has 0 saturated heterocycles. The van der Waals surface area contributed by atoms with Crippen LogP contribution in [0.4, 0.5) is 10.1 Å². The lowest BCUT2D eigenvalue weighted by Gasteiger charge is -2.33. The largest absolute Gasteiger partial charge is 0.347 e. The number of allylic oxidation sites excluding steroid dienone is 2. The van der Waals surface area contributed by atoms with Crippen molar-refractivity contribution in [3.8, 4) is 0 Å². The van der Waals surface area contributed by atoms with E-state index in [0.29, 0.717) is 18.5 Å². The molecule has 2 aromatic rings. The number of nitrogens with one attached hydrogen (secondary N) is 2. The maximum absolute atomic E-state index is 12.9. The number of amides is 2. The maximum Gasteiger partial charge on any atom is 0.313 e. The highest BCUT2D eigenvalue weighted by Crippen LogP contribution is 2.32. The minimum Gasteiger partial charge on any atom is -0.347 e. The number of hydrogen-bond donors (Lipinski definition) is 2. The summed E-state index contributed by atoms with van der Waals surface area (Å²) in [7, 11) is 0. The van der Waals surface area contributed by atoms with Crippen LogP contribution in [0.1, 0.15) is 18.4 Å². The van der Waals surface area contributed by atoms with Crippen molar-refractivity contribution in [3.63, 3.8) is 0 Å². The molecule has 0 bridgehead atoms. The SMILES string of the molecule is C=CCC(CC=C)(CNC(=O)C(=O)Nc1ccc(F)cc1)c1ccccc1. The lowest BCUT2D eigenvalue weighted by atomic mass is 9.74. The predicted octanol–water partition coefficient (Wildman–Crippen LogP) is 3.97. The van der Waals surface area contributed by atoms with E-state index in [0.717, 1.165) is 5.56 Å². The molecule has 0 heterocycles. The molecule has 2 rings (SSSR count). The van der Waals surface area contributed by atoms with Gasteiger partial charge in [0.15, 0.2) is 0 Å². The Labute approximate surface area is 158 Å². The van der Waals surface area contributed by atoms with E-state index >= 15 is 0 Å². The summed E-state index contributed by atoms with van der Waals surface area (Å²) in [5.41, 5.74) is 0.948. The lowest BCUT2D eigenvalue weighted by Crippen LogP contribution is -2.44. The van der Waals surface area contributed by atoms with Gasteiger partial charge in [-0.05, 0) is 42.7 Å². The van der Waals surface area contributed by atoms with Gasteiger partial charge in [-0.3, -0.25) is 9.59 Å². The molecule has 2 amide bonds. The normalized spacial score (nSPS) is 10.7. The van der Waals surface area contributed by atoms with E-state index in [-0.39, 0.29) is 6.54 Å². The van der Waals surface area contributed by atoms with Crippen molar-refractivity contribution in [2.45, 2.75) is 18.3 Å². The van der Waals surface area contributed by atoms with E-state index in [1.165, 1.54) is 24.3 Å². The first-order chi connectivity index (χ1) is 13.0. The number of carbonyl (C=O) groups is 2. The zero-order valence-electron chi connectivity index (χ0n) is 15.1. The van der Waals surface area contributed by atoms with Crippen molar-refractivity contribution in [3.05, 3.63) is 91.3 Å². The monoisotopic (exact) mass is 366 g/mol. The molecule has 4 nitrogen and oxygen atoms in total. The molecular formula is C22H23FN2O2. The summed E-state index contributed by atoms with van der Waals surface area (Å²) in [5.74, 6) is -1.98. The van der Waals surface area contributed by atoms with Crippen LogP contribution in [0.2, 0.25) is 0 Å². The number of hydrogen-bond acceptors (Lipinski definition) is 2. The molecule has 0 aromatic heterocycles. The van der Waals surface area contributed by atoms with Gasteiger partial charge in [-0.25, -0.2) is 4.39 Å². The van der Waals surface area contributed by atoms with E-state index in [1.807, 2.05) is 30.3 Å². The zero-order chi connectivity index (χ0) is 19.7. The van der Waals surface area contributed by atoms with Crippen molar-refractivity contribution in [2.75, 3.05) is 11.9 Å². The van der Waals surface area contributed by atoms with E-state index in [9.17, 15) is 14.0 Å². The summed E-state index contributed by atoms with van der Waals surface area (Å²) in [4.78, 5) is 24.4. The molecule has 0 aliphatic carbocycles. The second-order valence-electron chi connectivity index (χ2n) is 6.28. The van der Waals surface area contributed by atoms with Gasteiger partial charge in [0, 0.05) is 17.6 Å². The van der Waals surface area contributed by atoms with Gasteiger partial charge >= 0.3 is 11.8 Å². The van der Waals surface area contributed by atoms with Crippen LogP contribution in [0, 0.1) is 5.82 Å². The fourth-order valence-corrected chi connectivity index (χ4v) is 2.96. The smallest absolute Gasteiger partial charge is 0.313 e. The van der Waals surface area contributed by atoms with Gasteiger partial charge in [0.1, 0.15) is 5.82 Å². The number of carbonyl (C=O) groups excluding carboxylic acids is 2. The molecule has 0 atom stereocenters.